The number of fused-ring (bicyclic) bond motifs is 16. The van der Waals surface area contributed by atoms with E-state index in [1.54, 1.807) is 0 Å². The largest absolute Gasteiger partial charge is 0.482 e. The van der Waals surface area contributed by atoms with Crippen molar-refractivity contribution < 1.29 is 48.3 Å². The lowest BCUT2D eigenvalue weighted by Gasteiger charge is -2.58. The molecule has 4 fully saturated rings. The Bertz CT molecular complexity index is 4200. The zero-order chi connectivity index (χ0) is 62.4. The van der Waals surface area contributed by atoms with Gasteiger partial charge in [-0.25, -0.2) is 9.59 Å². The molecular formula is C81H84O11. The average Bonchev–Trinajstić information content (AvgIpc) is 1.27. The first-order valence-electron chi connectivity index (χ1n) is 34.7. The number of hydrogen-bond acceptors (Lipinski definition) is 11. The van der Waals surface area contributed by atoms with Crippen LogP contribution in [0.3, 0.4) is 0 Å². The maximum absolute atomic E-state index is 16.3. The molecule has 8 bridgehead atoms. The van der Waals surface area contributed by atoms with Crippen LogP contribution in [-0.2, 0) is 42.2 Å². The number of carbonyl (C=O) groups is 2. The smallest absolute Gasteiger partial charge is 0.340 e. The molecule has 0 amide bonds. The van der Waals surface area contributed by atoms with Crippen molar-refractivity contribution in [1.82, 2.24) is 0 Å². The Morgan fingerprint density at radius 1 is 0.750 bits per heavy atom. The monoisotopic (exact) mass is 1230 g/mol. The predicted molar refractivity (Wildman–Crippen MR) is 352 cm³/mol. The van der Waals surface area contributed by atoms with Gasteiger partial charge >= 0.3 is 17.6 Å². The fraction of sp³-hybridized carbons (Fsp3) is 0.469. The van der Waals surface area contributed by atoms with Gasteiger partial charge in [0.2, 0.25) is 0 Å². The van der Waals surface area contributed by atoms with E-state index in [0.717, 1.165) is 51.4 Å². The second kappa shape index (κ2) is 22.5. The molecule has 3 saturated carbocycles. The third-order valence-corrected chi connectivity index (χ3v) is 25.8. The van der Waals surface area contributed by atoms with Gasteiger partial charge in [-0.3, -0.25) is 4.79 Å². The van der Waals surface area contributed by atoms with Crippen molar-refractivity contribution in [3.63, 3.8) is 0 Å². The van der Waals surface area contributed by atoms with E-state index in [9.17, 15) is 20.1 Å². The highest BCUT2D eigenvalue weighted by Crippen LogP contribution is 2.72. The molecule has 16 atom stereocenters. The van der Waals surface area contributed by atoms with Crippen molar-refractivity contribution in [3.05, 3.63) is 215 Å². The summed E-state index contributed by atoms with van der Waals surface area (Å²) in [4.78, 5) is 47.3. The van der Waals surface area contributed by atoms with Crippen LogP contribution in [0, 0.1) is 35.0 Å². The van der Waals surface area contributed by atoms with Gasteiger partial charge in [-0.15, -0.1) is 0 Å². The molecule has 11 heteroatoms. The van der Waals surface area contributed by atoms with Crippen molar-refractivity contribution >= 4 is 35.1 Å². The zero-order valence-electron chi connectivity index (χ0n) is 53.0. The van der Waals surface area contributed by atoms with E-state index in [1.165, 1.54) is 82.0 Å². The predicted octanol–water partition coefficient (Wildman–Crippen LogP) is 14.9. The number of aliphatic hydroxyl groups is 3. The first-order valence-corrected chi connectivity index (χ1v) is 34.7. The minimum absolute atomic E-state index is 0.0167. The van der Waals surface area contributed by atoms with Crippen LogP contribution in [0.4, 0.5) is 0 Å². The standard InChI is InChI=1S/C81H84O11/c1-45(42-83)62-37-50-18-19-51-41-79-33-9-34-80(70(79)40-64-57-14-5-3-10-46(57)23-30-67(64)79)76(91-77(62)86)75(73-69(92-80)31-29-61-65(43-84)72(78(87)90-74(61)73)52(32-35-82)44-88-2)89-71(85)39-53-36-48(21-26-56(53)49-22-27-59(50)63(51)38-49)58-15-8-17-68-60(58)28-25-55-13-7-12-54-24-20-47-11-4-6-16-66(47)81(54,55)68/h3-6,8,10-11,14-17,20-24,26-27,29-31,38,48,50-56,64,67,70,75-76,82-84H,7,9,12-13,18-19,25,28,32-37,39-44H2,1-2H3. The minimum Gasteiger partial charge on any atom is -0.482 e. The molecule has 1 aromatic heterocycles. The zero-order valence-corrected chi connectivity index (χ0v) is 53.0. The summed E-state index contributed by atoms with van der Waals surface area (Å²) in [5, 5.41) is 33.3. The van der Waals surface area contributed by atoms with Gasteiger partial charge in [0.15, 0.2) is 17.8 Å². The molecule has 12 aliphatic rings. The van der Waals surface area contributed by atoms with E-state index >= 15 is 9.59 Å². The molecule has 6 aromatic rings. The molecule has 474 valence electrons. The van der Waals surface area contributed by atoms with Crippen LogP contribution in [-0.4, -0.2) is 65.9 Å². The summed E-state index contributed by atoms with van der Waals surface area (Å²) in [6, 6.07) is 35.9. The quantitative estimate of drug-likeness (QED) is 0.0576. The van der Waals surface area contributed by atoms with Gasteiger partial charge in [0.1, 0.15) is 11.3 Å². The van der Waals surface area contributed by atoms with Crippen LogP contribution in [0.1, 0.15) is 217 Å². The normalized spacial score (nSPS) is 34.2. The summed E-state index contributed by atoms with van der Waals surface area (Å²) in [7, 11) is 1.54. The highest BCUT2D eigenvalue weighted by atomic mass is 16.6. The second-order valence-electron chi connectivity index (χ2n) is 29.6. The topological polar surface area (TPSA) is 162 Å². The van der Waals surface area contributed by atoms with E-state index in [0.29, 0.717) is 58.9 Å². The molecule has 3 N–H and O–H groups in total. The molecule has 16 unspecified atom stereocenters. The molecule has 92 heavy (non-hydrogen) atoms. The Morgan fingerprint density at radius 3 is 2.43 bits per heavy atom. The highest BCUT2D eigenvalue weighted by molar-refractivity contribution is 5.91. The molecule has 5 heterocycles. The summed E-state index contributed by atoms with van der Waals surface area (Å²) in [5.41, 5.74) is 12.7. The Morgan fingerprint density at radius 2 is 1.58 bits per heavy atom. The average molecular weight is 1230 g/mol. The SMILES string of the molecule is COCC(CCO)c1c(CO)c2ccc3c(c2oc1=O)C1OC(=O)CC2CC(c4cccc5c4CCC4CCCC6C=Cc7ccccc7C564)C=CC2c2ccc4c(c2)C2CCC4CC(=C(C)CO)C(=O)OC1C1(CCCC4(C2)C2C=Cc5ccccc5C2CC41)O3. The molecule has 1 saturated heterocycles. The van der Waals surface area contributed by atoms with Crippen LogP contribution in [0.5, 0.6) is 5.75 Å². The number of allylic oxidation sites excluding steroid dienone is 4. The molecule has 11 nitrogen and oxygen atoms in total. The number of esters is 2. The Hall–Kier alpha value is -7.15. The lowest BCUT2D eigenvalue weighted by Crippen LogP contribution is -2.65. The van der Waals surface area contributed by atoms with Crippen LogP contribution in [0.15, 0.2) is 142 Å². The molecular weight excluding hydrogens is 1150 g/mol. The number of ether oxygens (including phenoxy) is 4. The second-order valence-corrected chi connectivity index (χ2v) is 29.6. The van der Waals surface area contributed by atoms with Crippen molar-refractivity contribution in [2.75, 3.05) is 26.9 Å². The van der Waals surface area contributed by atoms with Crippen LogP contribution in [0.2, 0.25) is 0 Å². The molecule has 5 aromatic carbocycles. The maximum Gasteiger partial charge on any atom is 0.340 e. The lowest BCUT2D eigenvalue weighted by atomic mass is 9.48. The van der Waals surface area contributed by atoms with Gasteiger partial charge in [-0.1, -0.05) is 128 Å². The van der Waals surface area contributed by atoms with Gasteiger partial charge in [-0.2, -0.15) is 0 Å². The van der Waals surface area contributed by atoms with E-state index in [4.69, 9.17) is 23.4 Å². The van der Waals surface area contributed by atoms with Gasteiger partial charge in [0, 0.05) is 65.7 Å². The van der Waals surface area contributed by atoms with Crippen molar-refractivity contribution in [2.24, 2.45) is 35.0 Å². The molecule has 4 aliphatic heterocycles. The van der Waals surface area contributed by atoms with Crippen LogP contribution < -0.4 is 10.4 Å². The number of carbonyl (C=O) groups excluding carboxylic acids is 2. The van der Waals surface area contributed by atoms with E-state index in [2.05, 4.69) is 121 Å². The number of hydrogen-bond donors (Lipinski definition) is 3. The Labute approximate surface area is 538 Å². The number of aliphatic hydroxyl groups excluding tert-OH is 3. The number of benzene rings is 5. The molecule has 0 radical (unpaired) electrons. The lowest BCUT2D eigenvalue weighted by molar-refractivity contribution is -0.222. The van der Waals surface area contributed by atoms with Gasteiger partial charge < -0.3 is 38.7 Å². The van der Waals surface area contributed by atoms with E-state index in [1.807, 2.05) is 19.1 Å². The number of rotatable bonds is 8. The van der Waals surface area contributed by atoms with E-state index in [-0.39, 0.29) is 108 Å². The molecule has 18 rings (SSSR count). The molecule has 8 aliphatic carbocycles. The third kappa shape index (κ3) is 8.61. The maximum atomic E-state index is 16.3. The first kappa shape index (κ1) is 58.7. The fourth-order valence-corrected chi connectivity index (χ4v) is 22.2. The minimum atomic E-state index is -1.35. The van der Waals surface area contributed by atoms with Gasteiger partial charge in [0.25, 0.3) is 0 Å². The van der Waals surface area contributed by atoms with Crippen molar-refractivity contribution in [2.45, 2.75) is 175 Å². The van der Waals surface area contributed by atoms with E-state index < -0.39 is 47.9 Å². The van der Waals surface area contributed by atoms with Gasteiger partial charge in [0.05, 0.1) is 25.4 Å². The first-order chi connectivity index (χ1) is 45.0. The van der Waals surface area contributed by atoms with Gasteiger partial charge in [-0.05, 0) is 223 Å². The summed E-state index contributed by atoms with van der Waals surface area (Å²) in [6.45, 7) is 0.794. The summed E-state index contributed by atoms with van der Waals surface area (Å²) in [5.74, 6) is -0.515. The van der Waals surface area contributed by atoms with Crippen LogP contribution in [0.25, 0.3) is 23.1 Å². The Balaban J connectivity index is 0.885. The summed E-state index contributed by atoms with van der Waals surface area (Å²) < 4.78 is 34.9. The highest BCUT2D eigenvalue weighted by Gasteiger charge is 2.71. The fourth-order valence-electron chi connectivity index (χ4n) is 22.2. The number of methoxy groups -OCH3 is 1. The van der Waals surface area contributed by atoms with Crippen molar-refractivity contribution in [1.29, 1.82) is 0 Å². The summed E-state index contributed by atoms with van der Waals surface area (Å²) >= 11 is 0. The summed E-state index contributed by atoms with van der Waals surface area (Å²) in [6.07, 6.45) is 24.6. The Kier molecular flexibility index (Phi) is 14.4. The van der Waals surface area contributed by atoms with Crippen molar-refractivity contribution in [3.8, 4) is 5.75 Å². The van der Waals surface area contributed by atoms with Crippen LogP contribution >= 0.6 is 0 Å². The molecule has 2 spiro atoms. The third-order valence-electron chi connectivity index (χ3n) is 25.8.